The molecule has 0 saturated carbocycles. The van der Waals surface area contributed by atoms with Gasteiger partial charge < -0.3 is 9.84 Å². The molecule has 1 heterocycles. The van der Waals surface area contributed by atoms with E-state index in [1.165, 1.54) is 29.1 Å². The van der Waals surface area contributed by atoms with E-state index in [1.54, 1.807) is 13.8 Å². The standard InChI is InChI=1S/C16H17F3N2O3/c1-10-11(2)20-9-21(15(10)23)7-12(22)8-24-14-6-4-3-5-13(14)16(17,18)19/h3-6,9,12,22H,7-8H2,1-2H3/t12-/m0/s1. The molecule has 0 bridgehead atoms. The first kappa shape index (κ1) is 18.0. The number of aryl methyl sites for hydroxylation is 1. The van der Waals surface area contributed by atoms with Gasteiger partial charge in [-0.15, -0.1) is 0 Å². The molecule has 0 saturated heterocycles. The van der Waals surface area contributed by atoms with Crippen LogP contribution in [-0.4, -0.2) is 27.4 Å². The van der Waals surface area contributed by atoms with Crippen LogP contribution in [-0.2, 0) is 12.7 Å². The molecule has 0 aliphatic heterocycles. The average Bonchev–Trinajstić information content (AvgIpc) is 2.53. The van der Waals surface area contributed by atoms with Crippen molar-refractivity contribution < 1.29 is 23.0 Å². The predicted molar refractivity (Wildman–Crippen MR) is 80.9 cm³/mol. The minimum Gasteiger partial charge on any atom is -0.490 e. The lowest BCUT2D eigenvalue weighted by atomic mass is 10.2. The summed E-state index contributed by atoms with van der Waals surface area (Å²) in [7, 11) is 0. The molecule has 130 valence electrons. The lowest BCUT2D eigenvalue weighted by Crippen LogP contribution is -2.32. The van der Waals surface area contributed by atoms with Crippen LogP contribution in [0.5, 0.6) is 5.75 Å². The van der Waals surface area contributed by atoms with Crippen molar-refractivity contribution in [2.24, 2.45) is 0 Å². The van der Waals surface area contributed by atoms with Crippen LogP contribution in [0.1, 0.15) is 16.8 Å². The van der Waals surface area contributed by atoms with E-state index in [0.717, 1.165) is 6.07 Å². The molecule has 0 radical (unpaired) electrons. The Morgan fingerprint density at radius 1 is 1.29 bits per heavy atom. The SMILES string of the molecule is Cc1ncn(C[C@H](O)COc2ccccc2C(F)(F)F)c(=O)c1C. The number of aliphatic hydroxyl groups excluding tert-OH is 1. The molecule has 0 fully saturated rings. The van der Waals surface area contributed by atoms with E-state index in [1.807, 2.05) is 0 Å². The van der Waals surface area contributed by atoms with Crippen LogP contribution in [0.2, 0.25) is 0 Å². The van der Waals surface area contributed by atoms with Gasteiger partial charge in [-0.3, -0.25) is 9.36 Å². The maximum atomic E-state index is 12.9. The lowest BCUT2D eigenvalue weighted by Gasteiger charge is -2.17. The van der Waals surface area contributed by atoms with Gasteiger partial charge in [0.1, 0.15) is 18.5 Å². The van der Waals surface area contributed by atoms with Gasteiger partial charge in [0.15, 0.2) is 0 Å². The summed E-state index contributed by atoms with van der Waals surface area (Å²) in [6, 6.07) is 4.75. The summed E-state index contributed by atoms with van der Waals surface area (Å²) in [4.78, 5) is 16.0. The zero-order chi connectivity index (χ0) is 17.9. The van der Waals surface area contributed by atoms with Crippen molar-refractivity contribution in [2.45, 2.75) is 32.7 Å². The highest BCUT2D eigenvalue weighted by atomic mass is 19.4. The van der Waals surface area contributed by atoms with Crippen molar-refractivity contribution >= 4 is 0 Å². The second kappa shape index (κ2) is 7.04. The number of aromatic nitrogens is 2. The highest BCUT2D eigenvalue weighted by molar-refractivity contribution is 5.35. The molecule has 2 aromatic rings. The molecule has 0 amide bonds. The molecule has 24 heavy (non-hydrogen) atoms. The van der Waals surface area contributed by atoms with Crippen molar-refractivity contribution in [1.82, 2.24) is 9.55 Å². The van der Waals surface area contributed by atoms with Crippen LogP contribution in [0.3, 0.4) is 0 Å². The molecule has 2 rings (SSSR count). The molecule has 0 unspecified atom stereocenters. The first-order chi connectivity index (χ1) is 11.2. The van der Waals surface area contributed by atoms with Gasteiger partial charge in [0.25, 0.3) is 5.56 Å². The van der Waals surface area contributed by atoms with Crippen molar-refractivity contribution in [3.05, 3.63) is 57.8 Å². The molecule has 0 spiro atoms. The van der Waals surface area contributed by atoms with Gasteiger partial charge in [0.05, 0.1) is 18.4 Å². The molecule has 8 heteroatoms. The number of para-hydroxylation sites is 1. The molecule has 5 nitrogen and oxygen atoms in total. The normalized spacial score (nSPS) is 12.9. The van der Waals surface area contributed by atoms with Gasteiger partial charge in [-0.2, -0.15) is 13.2 Å². The fraction of sp³-hybridized carbons (Fsp3) is 0.375. The molecule has 0 aliphatic rings. The van der Waals surface area contributed by atoms with Crippen LogP contribution in [0.25, 0.3) is 0 Å². The number of aliphatic hydroxyl groups is 1. The van der Waals surface area contributed by atoms with Gasteiger partial charge in [-0.1, -0.05) is 12.1 Å². The third-order valence-corrected chi connectivity index (χ3v) is 3.55. The Labute approximate surface area is 136 Å². The Morgan fingerprint density at radius 2 is 1.96 bits per heavy atom. The van der Waals surface area contributed by atoms with Crippen LogP contribution in [0, 0.1) is 13.8 Å². The summed E-state index contributed by atoms with van der Waals surface area (Å²) >= 11 is 0. The molecular formula is C16H17F3N2O3. The quantitative estimate of drug-likeness (QED) is 0.906. The second-order valence-corrected chi connectivity index (χ2v) is 5.37. The van der Waals surface area contributed by atoms with E-state index in [2.05, 4.69) is 4.98 Å². The highest BCUT2D eigenvalue weighted by Crippen LogP contribution is 2.35. The minimum atomic E-state index is -4.55. The van der Waals surface area contributed by atoms with Crippen LogP contribution >= 0.6 is 0 Å². The van der Waals surface area contributed by atoms with E-state index in [0.29, 0.717) is 11.3 Å². The number of alkyl halides is 3. The van der Waals surface area contributed by atoms with Gasteiger partial charge in [0.2, 0.25) is 0 Å². The second-order valence-electron chi connectivity index (χ2n) is 5.37. The predicted octanol–water partition coefficient (Wildman–Crippen LogP) is 2.32. The van der Waals surface area contributed by atoms with Crippen LogP contribution in [0.4, 0.5) is 13.2 Å². The number of rotatable bonds is 5. The molecule has 1 N–H and O–H groups in total. The summed E-state index contributed by atoms with van der Waals surface area (Å²) in [5.41, 5.74) is -0.186. The van der Waals surface area contributed by atoms with Gasteiger partial charge in [0, 0.05) is 11.3 Å². The fourth-order valence-electron chi connectivity index (χ4n) is 2.10. The monoisotopic (exact) mass is 342 g/mol. The van der Waals surface area contributed by atoms with E-state index in [-0.39, 0.29) is 24.5 Å². The number of hydrogen-bond acceptors (Lipinski definition) is 4. The molecular weight excluding hydrogens is 325 g/mol. The fourth-order valence-corrected chi connectivity index (χ4v) is 2.10. The Hall–Kier alpha value is -2.35. The summed E-state index contributed by atoms with van der Waals surface area (Å²) in [6.07, 6.45) is -4.42. The van der Waals surface area contributed by atoms with Crippen molar-refractivity contribution in [3.63, 3.8) is 0 Å². The summed E-state index contributed by atoms with van der Waals surface area (Å²) in [5.74, 6) is -0.366. The highest BCUT2D eigenvalue weighted by Gasteiger charge is 2.34. The molecule has 0 aliphatic carbocycles. The topological polar surface area (TPSA) is 64.3 Å². The van der Waals surface area contributed by atoms with Crippen molar-refractivity contribution in [3.8, 4) is 5.75 Å². The van der Waals surface area contributed by atoms with E-state index in [9.17, 15) is 23.1 Å². The number of ether oxygens (including phenoxy) is 1. The van der Waals surface area contributed by atoms with E-state index < -0.39 is 17.8 Å². The van der Waals surface area contributed by atoms with Crippen LogP contribution in [0.15, 0.2) is 35.4 Å². The Kier molecular flexibility index (Phi) is 5.28. The largest absolute Gasteiger partial charge is 0.490 e. The molecule has 1 aromatic heterocycles. The third-order valence-electron chi connectivity index (χ3n) is 3.55. The van der Waals surface area contributed by atoms with Crippen molar-refractivity contribution in [1.29, 1.82) is 0 Å². The molecule has 1 aromatic carbocycles. The third kappa shape index (κ3) is 4.14. The molecule has 1 atom stereocenters. The Balaban J connectivity index is 2.06. The Bertz CT molecular complexity index is 772. The van der Waals surface area contributed by atoms with Crippen molar-refractivity contribution in [2.75, 3.05) is 6.61 Å². The number of nitrogens with zero attached hydrogens (tertiary/aromatic N) is 2. The zero-order valence-corrected chi connectivity index (χ0v) is 13.2. The smallest absolute Gasteiger partial charge is 0.419 e. The van der Waals surface area contributed by atoms with E-state index >= 15 is 0 Å². The lowest BCUT2D eigenvalue weighted by molar-refractivity contribution is -0.139. The summed E-state index contributed by atoms with van der Waals surface area (Å²) < 4.78 is 44.9. The van der Waals surface area contributed by atoms with Gasteiger partial charge in [-0.05, 0) is 26.0 Å². The summed E-state index contributed by atoms with van der Waals surface area (Å²) in [6.45, 7) is 2.80. The maximum Gasteiger partial charge on any atom is 0.419 e. The van der Waals surface area contributed by atoms with Gasteiger partial charge in [-0.25, -0.2) is 4.98 Å². The van der Waals surface area contributed by atoms with Gasteiger partial charge >= 0.3 is 6.18 Å². The maximum absolute atomic E-state index is 12.9. The Morgan fingerprint density at radius 3 is 2.62 bits per heavy atom. The first-order valence-corrected chi connectivity index (χ1v) is 7.20. The first-order valence-electron chi connectivity index (χ1n) is 7.20. The van der Waals surface area contributed by atoms with Crippen LogP contribution < -0.4 is 10.3 Å². The summed E-state index contributed by atoms with van der Waals surface area (Å²) in [5, 5.41) is 9.95. The zero-order valence-electron chi connectivity index (χ0n) is 13.2. The van der Waals surface area contributed by atoms with E-state index in [4.69, 9.17) is 4.74 Å². The number of halogens is 3. The number of hydrogen-bond donors (Lipinski definition) is 1. The number of benzene rings is 1. The average molecular weight is 342 g/mol. The minimum absolute atomic E-state index is 0.124.